The number of aliphatic hydroxyl groups is 1. The van der Waals surface area contributed by atoms with Gasteiger partial charge in [-0.15, -0.1) is 13.2 Å². The van der Waals surface area contributed by atoms with Crippen molar-refractivity contribution in [2.75, 3.05) is 0 Å². The van der Waals surface area contributed by atoms with Crippen molar-refractivity contribution in [3.63, 3.8) is 0 Å². The minimum atomic E-state index is -0.775. The van der Waals surface area contributed by atoms with E-state index in [1.807, 2.05) is 19.9 Å². The first-order valence-corrected chi connectivity index (χ1v) is 4.14. The van der Waals surface area contributed by atoms with Crippen molar-refractivity contribution < 1.29 is 5.11 Å². The predicted octanol–water partition coefficient (Wildman–Crippen LogP) is 2.84. The molecular formula is C11H18O. The molecule has 0 fully saturated rings. The number of hydrogen-bond donors (Lipinski definition) is 1. The summed E-state index contributed by atoms with van der Waals surface area (Å²) in [6.07, 6.45) is 6.46. The monoisotopic (exact) mass is 166 g/mol. The Balaban J connectivity index is 4.47. The lowest BCUT2D eigenvalue weighted by atomic mass is 9.93. The van der Waals surface area contributed by atoms with Crippen molar-refractivity contribution in [3.8, 4) is 0 Å². The molecule has 0 aromatic carbocycles. The summed E-state index contributed by atoms with van der Waals surface area (Å²) >= 11 is 0. The molecule has 12 heavy (non-hydrogen) atoms. The summed E-state index contributed by atoms with van der Waals surface area (Å²) in [7, 11) is 0. The Bertz CT molecular complexity index is 175. The van der Waals surface area contributed by atoms with Crippen LogP contribution in [0.25, 0.3) is 0 Å². The van der Waals surface area contributed by atoms with Gasteiger partial charge < -0.3 is 5.11 Å². The van der Waals surface area contributed by atoms with Gasteiger partial charge in [0.1, 0.15) is 0 Å². The van der Waals surface area contributed by atoms with Crippen molar-refractivity contribution in [3.05, 3.63) is 37.0 Å². The summed E-state index contributed by atoms with van der Waals surface area (Å²) in [6.45, 7) is 11.2. The SMILES string of the molecule is C=CCC(O)(C=C(C)C)CC=C. The van der Waals surface area contributed by atoms with Gasteiger partial charge >= 0.3 is 0 Å². The molecule has 0 amide bonds. The van der Waals surface area contributed by atoms with Gasteiger partial charge in [0.05, 0.1) is 5.60 Å². The van der Waals surface area contributed by atoms with Gasteiger partial charge in [-0.05, 0) is 26.7 Å². The first-order valence-electron chi connectivity index (χ1n) is 4.14. The number of hydrogen-bond acceptors (Lipinski definition) is 1. The molecule has 1 heteroatoms. The summed E-state index contributed by atoms with van der Waals surface area (Å²) in [4.78, 5) is 0. The summed E-state index contributed by atoms with van der Waals surface area (Å²) < 4.78 is 0. The Morgan fingerprint density at radius 3 is 1.92 bits per heavy atom. The van der Waals surface area contributed by atoms with E-state index in [1.54, 1.807) is 12.2 Å². The maximum atomic E-state index is 9.96. The zero-order valence-electron chi connectivity index (χ0n) is 8.01. The van der Waals surface area contributed by atoms with Crippen LogP contribution in [0.15, 0.2) is 37.0 Å². The van der Waals surface area contributed by atoms with Crippen LogP contribution in [0.3, 0.4) is 0 Å². The number of allylic oxidation sites excluding steroid dienone is 1. The maximum Gasteiger partial charge on any atom is 0.0898 e. The molecule has 1 nitrogen and oxygen atoms in total. The quantitative estimate of drug-likeness (QED) is 0.623. The van der Waals surface area contributed by atoms with Gasteiger partial charge in [0.15, 0.2) is 0 Å². The fraction of sp³-hybridized carbons (Fsp3) is 0.455. The van der Waals surface area contributed by atoms with Crippen LogP contribution < -0.4 is 0 Å². The third-order valence-corrected chi connectivity index (χ3v) is 1.55. The third kappa shape index (κ3) is 4.14. The van der Waals surface area contributed by atoms with Crippen LogP contribution in [-0.4, -0.2) is 10.7 Å². The zero-order chi connectivity index (χ0) is 9.61. The lowest BCUT2D eigenvalue weighted by Crippen LogP contribution is -2.24. The minimum absolute atomic E-state index is 0.574. The molecule has 0 saturated carbocycles. The summed E-state index contributed by atoms with van der Waals surface area (Å²) in [6, 6.07) is 0. The molecule has 68 valence electrons. The van der Waals surface area contributed by atoms with Gasteiger partial charge in [0, 0.05) is 0 Å². The molecule has 1 N–H and O–H groups in total. The van der Waals surface area contributed by atoms with E-state index in [-0.39, 0.29) is 0 Å². The van der Waals surface area contributed by atoms with Crippen LogP contribution in [0.1, 0.15) is 26.7 Å². The van der Waals surface area contributed by atoms with E-state index in [2.05, 4.69) is 13.2 Å². The molecule has 0 bridgehead atoms. The second-order valence-corrected chi connectivity index (χ2v) is 3.31. The highest BCUT2D eigenvalue weighted by atomic mass is 16.3. The standard InChI is InChI=1S/C11H18O/c1-5-7-11(12,8-6-2)9-10(3)4/h5-6,9,12H,1-2,7-8H2,3-4H3. The van der Waals surface area contributed by atoms with Crippen LogP contribution in [0.4, 0.5) is 0 Å². The normalized spacial score (nSPS) is 10.6. The topological polar surface area (TPSA) is 20.2 Å². The molecule has 0 atom stereocenters. The molecule has 0 radical (unpaired) electrons. The summed E-state index contributed by atoms with van der Waals surface area (Å²) in [5.41, 5.74) is 0.337. The molecule has 0 aliphatic heterocycles. The first-order chi connectivity index (χ1) is 5.54. The molecule has 0 aromatic heterocycles. The Morgan fingerprint density at radius 1 is 1.25 bits per heavy atom. The minimum Gasteiger partial charge on any atom is -0.385 e. The molecular weight excluding hydrogens is 148 g/mol. The molecule has 0 aromatic rings. The summed E-state index contributed by atoms with van der Waals surface area (Å²) in [5, 5.41) is 9.96. The van der Waals surface area contributed by atoms with E-state index in [1.165, 1.54) is 0 Å². The van der Waals surface area contributed by atoms with Crippen LogP contribution in [-0.2, 0) is 0 Å². The molecule has 0 rings (SSSR count). The van der Waals surface area contributed by atoms with Gasteiger partial charge in [0.2, 0.25) is 0 Å². The van der Waals surface area contributed by atoms with Crippen LogP contribution in [0.5, 0.6) is 0 Å². The molecule has 0 aliphatic rings. The van der Waals surface area contributed by atoms with Crippen molar-refractivity contribution in [1.82, 2.24) is 0 Å². The Hall–Kier alpha value is -0.820. The second kappa shape index (κ2) is 4.94. The highest BCUT2D eigenvalue weighted by Crippen LogP contribution is 2.19. The Morgan fingerprint density at radius 2 is 1.67 bits per heavy atom. The van der Waals surface area contributed by atoms with Gasteiger partial charge in [-0.2, -0.15) is 0 Å². The van der Waals surface area contributed by atoms with Gasteiger partial charge in [-0.3, -0.25) is 0 Å². The molecule has 0 heterocycles. The van der Waals surface area contributed by atoms with Gasteiger partial charge in [0.25, 0.3) is 0 Å². The first kappa shape index (κ1) is 11.2. The van der Waals surface area contributed by atoms with Crippen molar-refractivity contribution in [1.29, 1.82) is 0 Å². The average molecular weight is 166 g/mol. The van der Waals surface area contributed by atoms with Gasteiger partial charge in [-0.1, -0.05) is 23.8 Å². The molecule has 0 aliphatic carbocycles. The van der Waals surface area contributed by atoms with E-state index in [0.717, 1.165) is 5.57 Å². The largest absolute Gasteiger partial charge is 0.385 e. The van der Waals surface area contributed by atoms with Crippen LogP contribution >= 0.6 is 0 Å². The van der Waals surface area contributed by atoms with E-state index in [9.17, 15) is 5.11 Å². The molecule has 0 unspecified atom stereocenters. The fourth-order valence-corrected chi connectivity index (χ4v) is 1.24. The predicted molar refractivity (Wildman–Crippen MR) is 54.0 cm³/mol. The van der Waals surface area contributed by atoms with Crippen molar-refractivity contribution >= 4 is 0 Å². The third-order valence-electron chi connectivity index (χ3n) is 1.55. The van der Waals surface area contributed by atoms with E-state index in [0.29, 0.717) is 12.8 Å². The smallest absolute Gasteiger partial charge is 0.0898 e. The molecule has 0 spiro atoms. The van der Waals surface area contributed by atoms with Crippen molar-refractivity contribution in [2.24, 2.45) is 0 Å². The molecule has 0 saturated heterocycles. The van der Waals surface area contributed by atoms with Crippen LogP contribution in [0.2, 0.25) is 0 Å². The zero-order valence-corrected chi connectivity index (χ0v) is 8.01. The highest BCUT2D eigenvalue weighted by Gasteiger charge is 2.19. The van der Waals surface area contributed by atoms with Gasteiger partial charge in [-0.25, -0.2) is 0 Å². The Kier molecular flexibility index (Phi) is 4.60. The average Bonchev–Trinajstić information content (AvgIpc) is 1.85. The summed E-state index contributed by atoms with van der Waals surface area (Å²) in [5.74, 6) is 0. The maximum absolute atomic E-state index is 9.96. The Labute approximate surface area is 75.1 Å². The lowest BCUT2D eigenvalue weighted by Gasteiger charge is -2.21. The van der Waals surface area contributed by atoms with E-state index >= 15 is 0 Å². The van der Waals surface area contributed by atoms with E-state index in [4.69, 9.17) is 0 Å². The van der Waals surface area contributed by atoms with Crippen molar-refractivity contribution in [2.45, 2.75) is 32.3 Å². The van der Waals surface area contributed by atoms with Crippen LogP contribution in [0, 0.1) is 0 Å². The highest BCUT2D eigenvalue weighted by molar-refractivity contribution is 5.10. The number of rotatable bonds is 5. The second-order valence-electron chi connectivity index (χ2n) is 3.31. The fourth-order valence-electron chi connectivity index (χ4n) is 1.24. The lowest BCUT2D eigenvalue weighted by molar-refractivity contribution is 0.0969. The van der Waals surface area contributed by atoms with E-state index < -0.39 is 5.60 Å².